The second kappa shape index (κ2) is 8.17. The predicted molar refractivity (Wildman–Crippen MR) is 104 cm³/mol. The zero-order chi connectivity index (χ0) is 20.2. The molecular formula is C20H20N4O5. The third-order valence-corrected chi connectivity index (χ3v) is 4.75. The highest BCUT2D eigenvalue weighted by Crippen LogP contribution is 2.37. The highest BCUT2D eigenvalue weighted by atomic mass is 16.7. The first-order valence-electron chi connectivity index (χ1n) is 9.29. The monoisotopic (exact) mass is 396 g/mol. The lowest BCUT2D eigenvalue weighted by molar-refractivity contribution is -0.126. The van der Waals surface area contributed by atoms with E-state index in [4.69, 9.17) is 9.47 Å². The van der Waals surface area contributed by atoms with E-state index in [0.717, 1.165) is 0 Å². The Balaban J connectivity index is 1.26. The number of aromatic nitrogens is 1. The summed E-state index contributed by atoms with van der Waals surface area (Å²) in [5.74, 6) is 0.606. The number of fused-ring (bicyclic) bond motifs is 1. The van der Waals surface area contributed by atoms with Gasteiger partial charge in [0, 0.05) is 43.9 Å². The zero-order valence-electron chi connectivity index (χ0n) is 15.6. The molecule has 150 valence electrons. The van der Waals surface area contributed by atoms with Gasteiger partial charge in [-0.2, -0.15) is 0 Å². The molecule has 1 unspecified atom stereocenters. The second-order valence-electron chi connectivity index (χ2n) is 6.75. The number of hydrogen-bond donors (Lipinski definition) is 2. The van der Waals surface area contributed by atoms with E-state index in [1.165, 1.54) is 0 Å². The van der Waals surface area contributed by atoms with Crippen LogP contribution in [0.5, 0.6) is 11.5 Å². The van der Waals surface area contributed by atoms with Crippen LogP contribution in [0.2, 0.25) is 0 Å². The lowest BCUT2D eigenvalue weighted by Gasteiger charge is -2.17. The first-order chi connectivity index (χ1) is 14.1. The van der Waals surface area contributed by atoms with Crippen molar-refractivity contribution in [2.24, 2.45) is 5.92 Å². The van der Waals surface area contributed by atoms with Gasteiger partial charge in [-0.05, 0) is 24.3 Å². The van der Waals surface area contributed by atoms with Crippen LogP contribution in [0.1, 0.15) is 12.8 Å². The number of carbonyl (C=O) groups excluding carboxylic acids is 3. The highest BCUT2D eigenvalue weighted by Gasteiger charge is 2.35. The summed E-state index contributed by atoms with van der Waals surface area (Å²) in [6, 6.07) is 10.5. The lowest BCUT2D eigenvalue weighted by atomic mass is 10.1. The van der Waals surface area contributed by atoms with E-state index in [1.54, 1.807) is 47.5 Å². The molecule has 0 bridgehead atoms. The molecule has 4 rings (SSSR count). The van der Waals surface area contributed by atoms with Crippen molar-refractivity contribution in [2.75, 3.05) is 30.1 Å². The van der Waals surface area contributed by atoms with Gasteiger partial charge in [0.15, 0.2) is 11.5 Å². The molecule has 1 atom stereocenters. The number of anilines is 2. The molecule has 29 heavy (non-hydrogen) atoms. The minimum absolute atomic E-state index is 0.120. The second-order valence-corrected chi connectivity index (χ2v) is 6.75. The van der Waals surface area contributed by atoms with Crippen molar-refractivity contribution in [3.05, 3.63) is 42.6 Å². The Kier molecular flexibility index (Phi) is 5.28. The van der Waals surface area contributed by atoms with Gasteiger partial charge in [-0.25, -0.2) is 4.98 Å². The summed E-state index contributed by atoms with van der Waals surface area (Å²) in [7, 11) is 0. The van der Waals surface area contributed by atoms with E-state index >= 15 is 0 Å². The van der Waals surface area contributed by atoms with Crippen molar-refractivity contribution in [3.63, 3.8) is 0 Å². The van der Waals surface area contributed by atoms with Crippen molar-refractivity contribution in [1.82, 2.24) is 10.3 Å². The molecule has 1 saturated heterocycles. The standard InChI is InChI=1S/C20H20N4O5/c25-18(23-17-3-1-2-7-21-17)6-8-22-20(27)13-9-19(26)24(11-13)14-4-5-15-16(10-14)29-12-28-15/h1-5,7,10,13H,6,8-9,11-12H2,(H,22,27)(H,21,23,25). The van der Waals surface area contributed by atoms with Gasteiger partial charge in [-0.1, -0.05) is 6.07 Å². The highest BCUT2D eigenvalue weighted by molar-refractivity contribution is 6.00. The van der Waals surface area contributed by atoms with Crippen LogP contribution in [0.25, 0.3) is 0 Å². The van der Waals surface area contributed by atoms with E-state index in [0.29, 0.717) is 23.0 Å². The number of hydrogen-bond acceptors (Lipinski definition) is 6. The first kappa shape index (κ1) is 18.7. The maximum absolute atomic E-state index is 12.4. The topological polar surface area (TPSA) is 110 Å². The van der Waals surface area contributed by atoms with E-state index in [-0.39, 0.29) is 50.4 Å². The summed E-state index contributed by atoms with van der Waals surface area (Å²) in [5, 5.41) is 5.39. The molecule has 0 spiro atoms. The van der Waals surface area contributed by atoms with Crippen LogP contribution in [-0.4, -0.2) is 42.6 Å². The lowest BCUT2D eigenvalue weighted by Crippen LogP contribution is -2.34. The number of carbonyl (C=O) groups is 3. The fraction of sp³-hybridized carbons (Fsp3) is 0.300. The molecule has 0 aliphatic carbocycles. The molecule has 1 fully saturated rings. The fourth-order valence-corrected chi connectivity index (χ4v) is 3.27. The molecule has 2 N–H and O–H groups in total. The summed E-state index contributed by atoms with van der Waals surface area (Å²) in [4.78, 5) is 42.3. The van der Waals surface area contributed by atoms with Crippen LogP contribution in [0, 0.1) is 5.92 Å². The van der Waals surface area contributed by atoms with E-state index in [2.05, 4.69) is 15.6 Å². The Bertz CT molecular complexity index is 934. The Hall–Kier alpha value is -3.62. The average Bonchev–Trinajstić information content (AvgIpc) is 3.34. The van der Waals surface area contributed by atoms with Gasteiger partial charge < -0.3 is 25.0 Å². The van der Waals surface area contributed by atoms with Crippen LogP contribution in [0.15, 0.2) is 42.6 Å². The van der Waals surface area contributed by atoms with Gasteiger partial charge in [0.25, 0.3) is 0 Å². The van der Waals surface area contributed by atoms with Crippen molar-refractivity contribution >= 4 is 29.2 Å². The number of nitrogens with one attached hydrogen (secondary N) is 2. The van der Waals surface area contributed by atoms with Crippen LogP contribution in [-0.2, 0) is 14.4 Å². The molecule has 2 aliphatic rings. The quantitative estimate of drug-likeness (QED) is 0.762. The van der Waals surface area contributed by atoms with Crippen molar-refractivity contribution in [1.29, 1.82) is 0 Å². The number of rotatable bonds is 6. The van der Waals surface area contributed by atoms with Gasteiger partial charge in [0.05, 0.1) is 5.92 Å². The summed E-state index contributed by atoms with van der Waals surface area (Å²) in [6.07, 6.45) is 1.83. The number of benzene rings is 1. The average molecular weight is 396 g/mol. The molecule has 2 aliphatic heterocycles. The number of ether oxygens (including phenoxy) is 2. The van der Waals surface area contributed by atoms with Gasteiger partial charge in [-0.15, -0.1) is 0 Å². The Morgan fingerprint density at radius 2 is 2.03 bits per heavy atom. The normalized spacial score (nSPS) is 17.3. The van der Waals surface area contributed by atoms with Crippen molar-refractivity contribution in [3.8, 4) is 11.5 Å². The van der Waals surface area contributed by atoms with Crippen molar-refractivity contribution < 1.29 is 23.9 Å². The molecule has 9 heteroatoms. The molecule has 3 amide bonds. The third-order valence-electron chi connectivity index (χ3n) is 4.75. The van der Waals surface area contributed by atoms with E-state index in [1.807, 2.05) is 0 Å². The van der Waals surface area contributed by atoms with Crippen LogP contribution < -0.4 is 25.0 Å². The fourth-order valence-electron chi connectivity index (χ4n) is 3.27. The first-order valence-corrected chi connectivity index (χ1v) is 9.29. The van der Waals surface area contributed by atoms with Crippen LogP contribution >= 0.6 is 0 Å². The van der Waals surface area contributed by atoms with Gasteiger partial charge >= 0.3 is 0 Å². The largest absolute Gasteiger partial charge is 0.454 e. The Morgan fingerprint density at radius 1 is 1.17 bits per heavy atom. The van der Waals surface area contributed by atoms with Gasteiger partial charge in [0.1, 0.15) is 5.82 Å². The molecule has 0 radical (unpaired) electrons. The SMILES string of the molecule is O=C(CCNC(=O)C1CC(=O)N(c2ccc3c(c2)OCO3)C1)Nc1ccccn1. The molecule has 3 heterocycles. The number of pyridine rings is 1. The summed E-state index contributed by atoms with van der Waals surface area (Å²) in [6.45, 7) is 0.627. The Labute approximate surface area is 167 Å². The molecular weight excluding hydrogens is 376 g/mol. The molecule has 1 aromatic carbocycles. The van der Waals surface area contributed by atoms with Crippen LogP contribution in [0.4, 0.5) is 11.5 Å². The van der Waals surface area contributed by atoms with Gasteiger partial charge in [-0.3, -0.25) is 14.4 Å². The minimum atomic E-state index is -0.466. The minimum Gasteiger partial charge on any atom is -0.454 e. The maximum atomic E-state index is 12.4. The zero-order valence-corrected chi connectivity index (χ0v) is 15.6. The summed E-state index contributed by atoms with van der Waals surface area (Å²) >= 11 is 0. The number of nitrogens with zero attached hydrogens (tertiary/aromatic N) is 2. The Morgan fingerprint density at radius 3 is 2.86 bits per heavy atom. The predicted octanol–water partition coefficient (Wildman–Crippen LogP) is 1.31. The van der Waals surface area contributed by atoms with E-state index < -0.39 is 5.92 Å². The smallest absolute Gasteiger partial charge is 0.231 e. The summed E-state index contributed by atoms with van der Waals surface area (Å²) in [5.41, 5.74) is 0.671. The molecule has 0 saturated carbocycles. The van der Waals surface area contributed by atoms with Crippen LogP contribution in [0.3, 0.4) is 0 Å². The summed E-state index contributed by atoms with van der Waals surface area (Å²) < 4.78 is 10.6. The third kappa shape index (κ3) is 4.29. The molecule has 1 aromatic heterocycles. The van der Waals surface area contributed by atoms with Gasteiger partial charge in [0.2, 0.25) is 24.5 Å². The van der Waals surface area contributed by atoms with Crippen molar-refractivity contribution in [2.45, 2.75) is 12.8 Å². The van der Waals surface area contributed by atoms with E-state index in [9.17, 15) is 14.4 Å². The molecule has 2 aromatic rings. The molecule has 9 nitrogen and oxygen atoms in total. The number of amides is 3. The maximum Gasteiger partial charge on any atom is 0.231 e.